The number of carbonyl (C=O) groups excluding carboxylic acids is 2. The fourth-order valence-corrected chi connectivity index (χ4v) is 3.54. The first-order valence-electron chi connectivity index (χ1n) is 12.3. The highest BCUT2D eigenvalue weighted by Gasteiger charge is 2.45. The van der Waals surface area contributed by atoms with Crippen LogP contribution in [0, 0.1) is 11.3 Å². The Bertz CT molecular complexity index is 413. The summed E-state index contributed by atoms with van der Waals surface area (Å²) in [7, 11) is 0. The molecule has 0 N–H and O–H groups in total. The summed E-state index contributed by atoms with van der Waals surface area (Å²) in [6, 6.07) is 0. The van der Waals surface area contributed by atoms with Gasteiger partial charge in [0.15, 0.2) is 5.41 Å². The van der Waals surface area contributed by atoms with Gasteiger partial charge in [-0.3, -0.25) is 9.59 Å². The molecule has 0 heterocycles. The van der Waals surface area contributed by atoms with Crippen LogP contribution in [0.15, 0.2) is 0 Å². The molecule has 0 bridgehead atoms. The lowest BCUT2D eigenvalue weighted by Gasteiger charge is -2.27. The number of hydrogen-bond acceptors (Lipinski definition) is 4. The molecule has 172 valence electrons. The zero-order valence-corrected chi connectivity index (χ0v) is 20.0. The Morgan fingerprint density at radius 1 is 0.655 bits per heavy atom. The van der Waals surface area contributed by atoms with Crippen LogP contribution in [0.25, 0.3) is 0 Å². The lowest BCUT2D eigenvalue weighted by Crippen LogP contribution is -2.41. The first-order valence-corrected chi connectivity index (χ1v) is 12.3. The van der Waals surface area contributed by atoms with Crippen LogP contribution < -0.4 is 0 Å². The van der Waals surface area contributed by atoms with Crippen LogP contribution in [-0.4, -0.2) is 25.2 Å². The molecule has 0 spiro atoms. The summed E-state index contributed by atoms with van der Waals surface area (Å²) in [5.74, 6) is -0.599. The minimum atomic E-state index is -1.15. The van der Waals surface area contributed by atoms with E-state index in [9.17, 15) is 9.59 Å². The molecule has 0 rings (SSSR count). The van der Waals surface area contributed by atoms with Gasteiger partial charge in [0.2, 0.25) is 0 Å². The summed E-state index contributed by atoms with van der Waals surface area (Å²) in [6.07, 6.45) is 16.1. The molecule has 0 aromatic rings. The van der Waals surface area contributed by atoms with Crippen LogP contribution in [0.1, 0.15) is 125 Å². The number of rotatable bonds is 19. The van der Waals surface area contributed by atoms with E-state index < -0.39 is 17.4 Å². The third kappa shape index (κ3) is 12.3. The number of carbonyl (C=O) groups is 2. The highest BCUT2D eigenvalue weighted by atomic mass is 16.6. The van der Waals surface area contributed by atoms with Crippen molar-refractivity contribution in [3.8, 4) is 0 Å². The molecule has 0 aromatic heterocycles. The van der Waals surface area contributed by atoms with E-state index in [0.29, 0.717) is 26.1 Å². The van der Waals surface area contributed by atoms with Crippen molar-refractivity contribution in [2.45, 2.75) is 125 Å². The SMILES string of the molecule is CCCCCCCCCCCCCCOC(=O)C(CC)(CC)C(=O)OCC(C)C. The maximum absolute atomic E-state index is 12.6. The number of ether oxygens (including phenoxy) is 2. The van der Waals surface area contributed by atoms with E-state index in [-0.39, 0.29) is 5.92 Å². The number of unbranched alkanes of at least 4 members (excludes halogenated alkanes) is 11. The van der Waals surface area contributed by atoms with Crippen LogP contribution in [0.5, 0.6) is 0 Å². The second-order valence-corrected chi connectivity index (χ2v) is 8.81. The van der Waals surface area contributed by atoms with Crippen molar-refractivity contribution in [2.24, 2.45) is 11.3 Å². The summed E-state index contributed by atoms with van der Waals surface area (Å²) in [5, 5.41) is 0. The maximum atomic E-state index is 12.6. The van der Waals surface area contributed by atoms with Crippen LogP contribution in [0.4, 0.5) is 0 Å². The molecule has 4 heteroatoms. The normalized spacial score (nSPS) is 11.7. The molecule has 0 aliphatic heterocycles. The Kier molecular flexibility index (Phi) is 17.1. The first-order chi connectivity index (χ1) is 13.9. The molecular formula is C25H48O4. The Hall–Kier alpha value is -1.06. The van der Waals surface area contributed by atoms with Crippen LogP contribution in [0.2, 0.25) is 0 Å². The van der Waals surface area contributed by atoms with E-state index in [0.717, 1.165) is 12.8 Å². The third-order valence-corrected chi connectivity index (χ3v) is 5.77. The monoisotopic (exact) mass is 412 g/mol. The average molecular weight is 413 g/mol. The molecule has 0 saturated carbocycles. The molecule has 4 nitrogen and oxygen atoms in total. The van der Waals surface area contributed by atoms with Crippen molar-refractivity contribution in [3.05, 3.63) is 0 Å². The van der Waals surface area contributed by atoms with Gasteiger partial charge < -0.3 is 9.47 Å². The lowest BCUT2D eigenvalue weighted by molar-refractivity contribution is -0.174. The average Bonchev–Trinajstić information content (AvgIpc) is 2.71. The van der Waals surface area contributed by atoms with E-state index in [1.807, 2.05) is 27.7 Å². The summed E-state index contributed by atoms with van der Waals surface area (Å²) in [6.45, 7) is 10.7. The second-order valence-electron chi connectivity index (χ2n) is 8.81. The molecule has 0 saturated heterocycles. The smallest absolute Gasteiger partial charge is 0.323 e. The third-order valence-electron chi connectivity index (χ3n) is 5.77. The van der Waals surface area contributed by atoms with Gasteiger partial charge in [-0.2, -0.15) is 0 Å². The quantitative estimate of drug-likeness (QED) is 0.127. The Labute approximate surface area is 180 Å². The maximum Gasteiger partial charge on any atom is 0.323 e. The lowest BCUT2D eigenvalue weighted by atomic mass is 9.82. The van der Waals surface area contributed by atoms with E-state index >= 15 is 0 Å². The minimum Gasteiger partial charge on any atom is -0.465 e. The largest absolute Gasteiger partial charge is 0.465 e. The summed E-state index contributed by atoms with van der Waals surface area (Å²) in [4.78, 5) is 25.1. The van der Waals surface area contributed by atoms with E-state index in [4.69, 9.17) is 9.47 Å². The molecule has 0 aliphatic rings. The highest BCUT2D eigenvalue weighted by molar-refractivity contribution is 5.99. The van der Waals surface area contributed by atoms with Gasteiger partial charge in [0.1, 0.15) is 0 Å². The van der Waals surface area contributed by atoms with E-state index in [1.54, 1.807) is 0 Å². The number of esters is 2. The summed E-state index contributed by atoms with van der Waals surface area (Å²) in [5.41, 5.74) is -1.15. The Morgan fingerprint density at radius 3 is 1.48 bits per heavy atom. The molecular weight excluding hydrogens is 364 g/mol. The predicted molar refractivity (Wildman–Crippen MR) is 121 cm³/mol. The van der Waals surface area contributed by atoms with E-state index in [1.165, 1.54) is 64.2 Å². The topological polar surface area (TPSA) is 52.6 Å². The summed E-state index contributed by atoms with van der Waals surface area (Å²) >= 11 is 0. The minimum absolute atomic E-state index is 0.252. The van der Waals surface area contributed by atoms with Crippen molar-refractivity contribution in [2.75, 3.05) is 13.2 Å². The molecule has 0 unspecified atom stereocenters. The molecule has 0 radical (unpaired) electrons. The van der Waals surface area contributed by atoms with Crippen LogP contribution in [0.3, 0.4) is 0 Å². The van der Waals surface area contributed by atoms with Crippen molar-refractivity contribution < 1.29 is 19.1 Å². The molecule has 0 fully saturated rings. The van der Waals surface area contributed by atoms with Gasteiger partial charge in [-0.05, 0) is 25.2 Å². The molecule has 29 heavy (non-hydrogen) atoms. The first kappa shape index (κ1) is 27.9. The van der Waals surface area contributed by atoms with Crippen LogP contribution >= 0.6 is 0 Å². The van der Waals surface area contributed by atoms with Gasteiger partial charge >= 0.3 is 11.9 Å². The van der Waals surface area contributed by atoms with Crippen molar-refractivity contribution in [1.29, 1.82) is 0 Å². The fraction of sp³-hybridized carbons (Fsp3) is 0.920. The zero-order valence-electron chi connectivity index (χ0n) is 20.0. The van der Waals surface area contributed by atoms with Crippen molar-refractivity contribution in [3.63, 3.8) is 0 Å². The second kappa shape index (κ2) is 17.8. The standard InChI is InChI=1S/C25H48O4/c1-6-9-10-11-12-13-14-15-16-17-18-19-20-28-23(26)25(7-2,8-3)24(27)29-21-22(4)5/h22H,6-21H2,1-5H3. The Morgan fingerprint density at radius 2 is 1.07 bits per heavy atom. The van der Waals surface area contributed by atoms with Gasteiger partial charge in [0.25, 0.3) is 0 Å². The molecule has 0 aromatic carbocycles. The van der Waals surface area contributed by atoms with Gasteiger partial charge in [-0.15, -0.1) is 0 Å². The van der Waals surface area contributed by atoms with Crippen molar-refractivity contribution in [1.82, 2.24) is 0 Å². The fourth-order valence-electron chi connectivity index (χ4n) is 3.54. The summed E-state index contributed by atoms with van der Waals surface area (Å²) < 4.78 is 10.8. The van der Waals surface area contributed by atoms with Gasteiger partial charge in [0.05, 0.1) is 13.2 Å². The van der Waals surface area contributed by atoms with Crippen LogP contribution in [-0.2, 0) is 19.1 Å². The highest BCUT2D eigenvalue weighted by Crippen LogP contribution is 2.30. The van der Waals surface area contributed by atoms with Gasteiger partial charge in [0, 0.05) is 0 Å². The number of hydrogen-bond donors (Lipinski definition) is 0. The molecule has 0 aliphatic carbocycles. The zero-order chi connectivity index (χ0) is 22.0. The van der Waals surface area contributed by atoms with Gasteiger partial charge in [-0.1, -0.05) is 105 Å². The predicted octanol–water partition coefficient (Wildman–Crippen LogP) is 7.24. The molecule has 0 atom stereocenters. The Balaban J connectivity index is 3.90. The van der Waals surface area contributed by atoms with Gasteiger partial charge in [-0.25, -0.2) is 0 Å². The van der Waals surface area contributed by atoms with Crippen molar-refractivity contribution >= 4 is 11.9 Å². The van der Waals surface area contributed by atoms with E-state index in [2.05, 4.69) is 6.92 Å². The molecule has 0 amide bonds.